The molecule has 0 unspecified atom stereocenters. The second-order valence-electron chi connectivity index (χ2n) is 7.05. The highest BCUT2D eigenvalue weighted by Gasteiger charge is 2.14. The van der Waals surface area contributed by atoms with Crippen molar-refractivity contribution in [3.8, 4) is 16.9 Å². The molecule has 0 spiro atoms. The van der Waals surface area contributed by atoms with Crippen molar-refractivity contribution >= 4 is 23.7 Å². The summed E-state index contributed by atoms with van der Waals surface area (Å²) in [4.78, 5) is 24.3. The van der Waals surface area contributed by atoms with Crippen LogP contribution in [0.1, 0.15) is 11.1 Å². The molecule has 0 aliphatic heterocycles. The van der Waals surface area contributed by atoms with Crippen LogP contribution >= 0.6 is 0 Å². The summed E-state index contributed by atoms with van der Waals surface area (Å²) in [5.74, 6) is -1.65. The fourth-order valence-electron chi connectivity index (χ4n) is 3.12. The largest absolute Gasteiger partial charge is 0.329 e. The molecule has 1 aromatic heterocycles. The van der Waals surface area contributed by atoms with E-state index >= 15 is 0 Å². The van der Waals surface area contributed by atoms with Gasteiger partial charge in [0.2, 0.25) is 0 Å². The summed E-state index contributed by atoms with van der Waals surface area (Å²) in [5.41, 5.74) is 6.92. The molecule has 4 aromatic rings. The van der Waals surface area contributed by atoms with Gasteiger partial charge in [0, 0.05) is 23.0 Å². The van der Waals surface area contributed by atoms with E-state index in [1.807, 2.05) is 85.9 Å². The number of aryl methyl sites for hydroxylation is 1. The summed E-state index contributed by atoms with van der Waals surface area (Å²) < 4.78 is 1.75. The van der Waals surface area contributed by atoms with Gasteiger partial charge in [-0.25, -0.2) is 10.1 Å². The Balaban J connectivity index is 1.52. The molecule has 2 N–H and O–H groups in total. The van der Waals surface area contributed by atoms with Crippen molar-refractivity contribution in [3.63, 3.8) is 0 Å². The third-order valence-corrected chi connectivity index (χ3v) is 4.78. The number of hydrogen-bond acceptors (Lipinski definition) is 4. The number of anilines is 1. The van der Waals surface area contributed by atoms with Crippen molar-refractivity contribution < 1.29 is 9.59 Å². The number of benzene rings is 3. The molecule has 32 heavy (non-hydrogen) atoms. The third-order valence-electron chi connectivity index (χ3n) is 4.78. The van der Waals surface area contributed by atoms with Crippen LogP contribution in [0.2, 0.25) is 0 Å². The first kappa shape index (κ1) is 20.7. The maximum absolute atomic E-state index is 12.2. The quantitative estimate of drug-likeness (QED) is 0.290. The maximum atomic E-state index is 12.2. The molecule has 2 amide bonds. The first-order valence-corrected chi connectivity index (χ1v) is 10.0. The Morgan fingerprint density at radius 3 is 2.25 bits per heavy atom. The summed E-state index contributed by atoms with van der Waals surface area (Å²) >= 11 is 0. The van der Waals surface area contributed by atoms with Crippen LogP contribution in [0.15, 0.2) is 96.2 Å². The molecule has 0 atom stereocenters. The van der Waals surface area contributed by atoms with Gasteiger partial charge in [0.25, 0.3) is 0 Å². The number of rotatable bonds is 5. The number of para-hydroxylation sites is 2. The smallest absolute Gasteiger partial charge is 0.317 e. The lowest BCUT2D eigenvalue weighted by atomic mass is 10.1. The average molecular weight is 423 g/mol. The van der Waals surface area contributed by atoms with Crippen molar-refractivity contribution in [2.75, 3.05) is 5.32 Å². The van der Waals surface area contributed by atoms with Gasteiger partial charge in [-0.2, -0.15) is 10.2 Å². The molecular weight excluding hydrogens is 402 g/mol. The minimum Gasteiger partial charge on any atom is -0.317 e. The first-order chi connectivity index (χ1) is 15.6. The summed E-state index contributed by atoms with van der Waals surface area (Å²) in [6.07, 6.45) is 3.30. The summed E-state index contributed by atoms with van der Waals surface area (Å²) in [7, 11) is 0. The van der Waals surface area contributed by atoms with Gasteiger partial charge in [-0.15, -0.1) is 0 Å². The molecule has 0 fully saturated rings. The van der Waals surface area contributed by atoms with Gasteiger partial charge in [-0.05, 0) is 30.7 Å². The Hall–Kier alpha value is -4.52. The molecule has 1 heterocycles. The molecular formula is C25H21N5O2. The van der Waals surface area contributed by atoms with Gasteiger partial charge < -0.3 is 5.32 Å². The van der Waals surface area contributed by atoms with Gasteiger partial charge in [-0.1, -0.05) is 66.7 Å². The molecule has 0 aliphatic carbocycles. The van der Waals surface area contributed by atoms with Gasteiger partial charge in [0.1, 0.15) is 5.69 Å². The average Bonchev–Trinajstić information content (AvgIpc) is 3.26. The lowest BCUT2D eigenvalue weighted by molar-refractivity contribution is -0.136. The van der Waals surface area contributed by atoms with Gasteiger partial charge in [0.05, 0.1) is 11.9 Å². The van der Waals surface area contributed by atoms with Crippen LogP contribution in [0.25, 0.3) is 16.9 Å². The van der Waals surface area contributed by atoms with Crippen LogP contribution in [-0.4, -0.2) is 27.8 Å². The molecule has 7 heteroatoms. The van der Waals surface area contributed by atoms with E-state index in [0.717, 1.165) is 16.8 Å². The van der Waals surface area contributed by atoms with Crippen molar-refractivity contribution in [1.29, 1.82) is 0 Å². The Morgan fingerprint density at radius 2 is 1.53 bits per heavy atom. The van der Waals surface area contributed by atoms with E-state index in [-0.39, 0.29) is 0 Å². The van der Waals surface area contributed by atoms with E-state index in [9.17, 15) is 9.59 Å². The Labute approximate surface area is 185 Å². The van der Waals surface area contributed by atoms with Crippen LogP contribution in [-0.2, 0) is 9.59 Å². The maximum Gasteiger partial charge on any atom is 0.329 e. The number of carbonyl (C=O) groups is 2. The van der Waals surface area contributed by atoms with Gasteiger partial charge in [-0.3, -0.25) is 9.59 Å². The minimum atomic E-state index is -0.860. The van der Waals surface area contributed by atoms with Gasteiger partial charge in [0.15, 0.2) is 0 Å². The monoisotopic (exact) mass is 423 g/mol. The Bertz CT molecular complexity index is 1260. The van der Waals surface area contributed by atoms with Crippen LogP contribution in [0.5, 0.6) is 0 Å². The number of nitrogens with zero attached hydrogens (tertiary/aromatic N) is 3. The van der Waals surface area contributed by atoms with Crippen LogP contribution in [0.4, 0.5) is 5.69 Å². The summed E-state index contributed by atoms with van der Waals surface area (Å²) in [6, 6.07) is 26.6. The second kappa shape index (κ2) is 9.53. The summed E-state index contributed by atoms with van der Waals surface area (Å²) in [6.45, 7) is 1.85. The number of carbonyl (C=O) groups excluding carboxylic acids is 2. The van der Waals surface area contributed by atoms with Crippen LogP contribution in [0, 0.1) is 6.92 Å². The normalized spacial score (nSPS) is 10.8. The number of aromatic nitrogens is 2. The van der Waals surface area contributed by atoms with Crippen LogP contribution < -0.4 is 10.7 Å². The minimum absolute atomic E-state index is 0.576. The van der Waals surface area contributed by atoms with E-state index in [4.69, 9.17) is 0 Å². The molecule has 7 nitrogen and oxygen atoms in total. The topological polar surface area (TPSA) is 88.4 Å². The number of hydrogen-bond donors (Lipinski definition) is 2. The number of amides is 2. The predicted octanol–water partition coefficient (Wildman–Crippen LogP) is 3.94. The molecule has 0 bridgehead atoms. The molecule has 0 radical (unpaired) electrons. The van der Waals surface area contributed by atoms with E-state index in [0.29, 0.717) is 16.9 Å². The van der Waals surface area contributed by atoms with Crippen molar-refractivity contribution in [2.24, 2.45) is 5.10 Å². The first-order valence-electron chi connectivity index (χ1n) is 10.0. The van der Waals surface area contributed by atoms with E-state index in [1.54, 1.807) is 16.8 Å². The summed E-state index contributed by atoms with van der Waals surface area (Å²) in [5, 5.41) is 11.2. The molecule has 4 rings (SSSR count). The third kappa shape index (κ3) is 4.79. The van der Waals surface area contributed by atoms with Crippen molar-refractivity contribution in [2.45, 2.75) is 6.92 Å². The van der Waals surface area contributed by atoms with Gasteiger partial charge >= 0.3 is 11.8 Å². The fourth-order valence-corrected chi connectivity index (χ4v) is 3.12. The Kier molecular flexibility index (Phi) is 6.17. The predicted molar refractivity (Wildman–Crippen MR) is 125 cm³/mol. The standard InChI is InChI=1S/C25H21N5O2/c1-18-10-8-9-15-22(18)27-24(31)25(32)28-26-16-20-17-30(21-13-6-3-7-14-21)29-23(20)19-11-4-2-5-12-19/h2-17H,1H3,(H,27,31)(H,28,32)/b26-16-. The lowest BCUT2D eigenvalue weighted by Crippen LogP contribution is -2.32. The fraction of sp³-hybridized carbons (Fsp3) is 0.0400. The zero-order valence-electron chi connectivity index (χ0n) is 17.4. The lowest BCUT2D eigenvalue weighted by Gasteiger charge is -2.06. The molecule has 158 valence electrons. The molecule has 0 saturated heterocycles. The molecule has 0 saturated carbocycles. The highest BCUT2D eigenvalue weighted by Crippen LogP contribution is 2.22. The van der Waals surface area contributed by atoms with Crippen molar-refractivity contribution in [1.82, 2.24) is 15.2 Å². The second-order valence-corrected chi connectivity index (χ2v) is 7.05. The highest BCUT2D eigenvalue weighted by molar-refractivity contribution is 6.39. The SMILES string of the molecule is Cc1ccccc1NC(=O)C(=O)N/N=C\c1cn(-c2ccccc2)nc1-c1ccccc1. The molecule has 0 aliphatic rings. The van der Waals surface area contributed by atoms with Crippen molar-refractivity contribution in [3.05, 3.63) is 102 Å². The number of hydrazone groups is 1. The zero-order valence-corrected chi connectivity index (χ0v) is 17.4. The van der Waals surface area contributed by atoms with E-state index in [2.05, 4.69) is 20.9 Å². The number of nitrogens with one attached hydrogen (secondary N) is 2. The van der Waals surface area contributed by atoms with Crippen LogP contribution in [0.3, 0.4) is 0 Å². The molecule has 3 aromatic carbocycles. The zero-order chi connectivity index (χ0) is 22.3. The Morgan fingerprint density at radius 1 is 0.875 bits per heavy atom. The van der Waals surface area contributed by atoms with E-state index in [1.165, 1.54) is 6.21 Å². The van der Waals surface area contributed by atoms with E-state index < -0.39 is 11.8 Å². The highest BCUT2D eigenvalue weighted by atomic mass is 16.2.